The fourth-order valence-corrected chi connectivity index (χ4v) is 4.41. The van der Waals surface area contributed by atoms with Gasteiger partial charge < -0.3 is 10.0 Å². The molecule has 1 saturated heterocycles. The molecule has 0 atom stereocenters. The molecule has 0 aliphatic carbocycles. The number of likely N-dealkylation sites (tertiary alicyclic amines) is 1. The number of benzene rings is 1. The largest absolute Gasteiger partial charge is 0.385 e. The van der Waals surface area contributed by atoms with E-state index < -0.39 is 11.4 Å². The van der Waals surface area contributed by atoms with Gasteiger partial charge in [0.15, 0.2) is 0 Å². The molecule has 27 heavy (non-hydrogen) atoms. The van der Waals surface area contributed by atoms with Gasteiger partial charge in [0, 0.05) is 45.7 Å². The topological polar surface area (TPSA) is 69.2 Å². The molecule has 0 spiro atoms. The predicted molar refractivity (Wildman–Crippen MR) is 102 cm³/mol. The van der Waals surface area contributed by atoms with Crippen LogP contribution < -0.4 is 0 Å². The first-order chi connectivity index (χ1) is 13.0. The quantitative estimate of drug-likeness (QED) is 0.690. The summed E-state index contributed by atoms with van der Waals surface area (Å²) in [5, 5.41) is 19.7. The first kappa shape index (κ1) is 18.2. The Balaban J connectivity index is 1.46. The summed E-state index contributed by atoms with van der Waals surface area (Å²) in [7, 11) is 0. The van der Waals surface area contributed by atoms with Crippen LogP contribution in [0.5, 0.6) is 0 Å². The van der Waals surface area contributed by atoms with Gasteiger partial charge in [-0.15, -0.1) is 11.3 Å². The van der Waals surface area contributed by atoms with E-state index in [1.165, 1.54) is 23.5 Å². The van der Waals surface area contributed by atoms with Gasteiger partial charge in [0.2, 0.25) is 0 Å². The smallest absolute Gasteiger partial charge is 0.254 e. The van der Waals surface area contributed by atoms with Crippen LogP contribution in [0.1, 0.15) is 28.8 Å². The molecule has 2 N–H and O–H groups in total. The zero-order chi connectivity index (χ0) is 19.0. The van der Waals surface area contributed by atoms with Gasteiger partial charge in [0.1, 0.15) is 5.82 Å². The van der Waals surface area contributed by atoms with Crippen LogP contribution in [-0.4, -0.2) is 39.2 Å². The monoisotopic (exact) mass is 405 g/mol. The van der Waals surface area contributed by atoms with Crippen molar-refractivity contribution >= 4 is 28.8 Å². The second kappa shape index (κ2) is 7.07. The second-order valence-electron chi connectivity index (χ2n) is 6.63. The van der Waals surface area contributed by atoms with Crippen molar-refractivity contribution in [2.24, 2.45) is 0 Å². The number of piperidine rings is 1. The molecule has 3 aromatic rings. The molecular formula is C19H17ClFN3O2S. The number of aromatic nitrogens is 2. The highest BCUT2D eigenvalue weighted by atomic mass is 35.5. The molecule has 1 aliphatic rings. The summed E-state index contributed by atoms with van der Waals surface area (Å²) in [4.78, 5) is 15.4. The van der Waals surface area contributed by atoms with E-state index in [2.05, 4.69) is 10.2 Å². The third kappa shape index (κ3) is 3.50. The van der Waals surface area contributed by atoms with E-state index in [4.69, 9.17) is 11.6 Å². The molecule has 3 heterocycles. The summed E-state index contributed by atoms with van der Waals surface area (Å²) in [5.74, 6) is -0.605. The molecule has 4 rings (SSSR count). The highest BCUT2D eigenvalue weighted by Crippen LogP contribution is 2.36. The lowest BCUT2D eigenvalue weighted by molar-refractivity contribution is -0.0235. The van der Waals surface area contributed by atoms with E-state index in [-0.39, 0.29) is 24.3 Å². The number of aromatic amines is 1. The van der Waals surface area contributed by atoms with Crippen molar-refractivity contribution < 1.29 is 14.3 Å². The summed E-state index contributed by atoms with van der Waals surface area (Å²) in [6.07, 6.45) is 4.04. The number of nitrogens with zero attached hydrogens (tertiary/aromatic N) is 2. The van der Waals surface area contributed by atoms with Gasteiger partial charge in [0.05, 0.1) is 17.4 Å². The van der Waals surface area contributed by atoms with Crippen LogP contribution in [0.25, 0.3) is 10.4 Å². The predicted octanol–water partition coefficient (Wildman–Crippen LogP) is 4.05. The van der Waals surface area contributed by atoms with Gasteiger partial charge in [-0.1, -0.05) is 17.7 Å². The van der Waals surface area contributed by atoms with E-state index in [1.54, 1.807) is 23.4 Å². The Hall–Kier alpha value is -2.22. The average Bonchev–Trinajstić information content (AvgIpc) is 3.33. The van der Waals surface area contributed by atoms with Crippen LogP contribution in [0.3, 0.4) is 0 Å². The number of H-pyrrole nitrogens is 1. The molecular weight excluding hydrogens is 389 g/mol. The standard InChI is InChI=1S/C19H17ClFN3O2S/c20-14-1-2-15(16(21)8-14)19(26)3-5-24(6-4-19)18(25)12-7-17(27-11-12)13-9-22-23-10-13/h1-2,7-11,26H,3-6H2,(H,22,23). The number of nitrogens with one attached hydrogen (secondary N) is 1. The zero-order valence-corrected chi connectivity index (χ0v) is 15.9. The molecule has 1 fully saturated rings. The third-order valence-electron chi connectivity index (χ3n) is 4.94. The van der Waals surface area contributed by atoms with Crippen molar-refractivity contribution in [1.29, 1.82) is 0 Å². The molecule has 0 bridgehead atoms. The number of hydrogen-bond acceptors (Lipinski definition) is 4. The molecule has 5 nitrogen and oxygen atoms in total. The number of halogens is 2. The molecule has 140 valence electrons. The Labute approximate surface area is 164 Å². The highest BCUT2D eigenvalue weighted by Gasteiger charge is 2.37. The minimum atomic E-state index is -1.29. The minimum Gasteiger partial charge on any atom is -0.385 e. The average molecular weight is 406 g/mol. The van der Waals surface area contributed by atoms with E-state index >= 15 is 0 Å². The van der Waals surface area contributed by atoms with Crippen molar-refractivity contribution in [1.82, 2.24) is 15.1 Å². The van der Waals surface area contributed by atoms with E-state index in [1.807, 2.05) is 11.4 Å². The van der Waals surface area contributed by atoms with Gasteiger partial charge in [-0.05, 0) is 31.0 Å². The van der Waals surface area contributed by atoms with E-state index in [0.717, 1.165) is 10.4 Å². The Morgan fingerprint density at radius 1 is 1.33 bits per heavy atom. The maximum absolute atomic E-state index is 14.2. The lowest BCUT2D eigenvalue weighted by Gasteiger charge is -2.38. The summed E-state index contributed by atoms with van der Waals surface area (Å²) in [6.45, 7) is 0.711. The summed E-state index contributed by atoms with van der Waals surface area (Å²) in [6, 6.07) is 6.14. The van der Waals surface area contributed by atoms with Crippen LogP contribution in [-0.2, 0) is 5.60 Å². The highest BCUT2D eigenvalue weighted by molar-refractivity contribution is 7.13. The zero-order valence-electron chi connectivity index (χ0n) is 14.3. The van der Waals surface area contributed by atoms with Gasteiger partial charge >= 0.3 is 0 Å². The number of carbonyl (C=O) groups excluding carboxylic acids is 1. The molecule has 0 saturated carbocycles. The molecule has 1 amide bonds. The van der Waals surface area contributed by atoms with Crippen molar-refractivity contribution in [3.05, 3.63) is 64.0 Å². The summed E-state index contributed by atoms with van der Waals surface area (Å²) >= 11 is 7.27. The third-order valence-corrected chi connectivity index (χ3v) is 6.15. The van der Waals surface area contributed by atoms with Gasteiger partial charge in [-0.25, -0.2) is 4.39 Å². The fourth-order valence-electron chi connectivity index (χ4n) is 3.38. The Morgan fingerprint density at radius 3 is 2.78 bits per heavy atom. The van der Waals surface area contributed by atoms with Gasteiger partial charge in [-0.2, -0.15) is 5.10 Å². The van der Waals surface area contributed by atoms with Crippen molar-refractivity contribution in [2.45, 2.75) is 18.4 Å². The maximum Gasteiger partial charge on any atom is 0.254 e. The summed E-state index contributed by atoms with van der Waals surface area (Å²) < 4.78 is 14.2. The lowest BCUT2D eigenvalue weighted by atomic mass is 9.84. The molecule has 1 aromatic carbocycles. The Bertz CT molecular complexity index is 965. The van der Waals surface area contributed by atoms with Crippen LogP contribution in [0.4, 0.5) is 4.39 Å². The molecule has 8 heteroatoms. The fraction of sp³-hybridized carbons (Fsp3) is 0.263. The van der Waals surface area contributed by atoms with E-state index in [9.17, 15) is 14.3 Å². The number of aliphatic hydroxyl groups is 1. The number of carbonyl (C=O) groups is 1. The van der Waals surface area contributed by atoms with Gasteiger partial charge in [-0.3, -0.25) is 9.89 Å². The lowest BCUT2D eigenvalue weighted by Crippen LogP contribution is -2.45. The van der Waals surface area contributed by atoms with Gasteiger partial charge in [0.25, 0.3) is 5.91 Å². The van der Waals surface area contributed by atoms with Crippen molar-refractivity contribution in [3.63, 3.8) is 0 Å². The molecule has 2 aromatic heterocycles. The normalized spacial score (nSPS) is 16.5. The van der Waals surface area contributed by atoms with Crippen LogP contribution in [0.15, 0.2) is 42.0 Å². The molecule has 1 aliphatic heterocycles. The number of thiophene rings is 1. The molecule has 0 unspecified atom stereocenters. The van der Waals surface area contributed by atoms with Crippen LogP contribution in [0.2, 0.25) is 5.02 Å². The number of amides is 1. The van der Waals surface area contributed by atoms with Crippen molar-refractivity contribution in [2.75, 3.05) is 13.1 Å². The van der Waals surface area contributed by atoms with E-state index in [0.29, 0.717) is 23.7 Å². The Morgan fingerprint density at radius 2 is 2.11 bits per heavy atom. The molecule has 0 radical (unpaired) electrons. The van der Waals surface area contributed by atoms with Crippen molar-refractivity contribution in [3.8, 4) is 10.4 Å². The number of rotatable bonds is 3. The Kier molecular flexibility index (Phi) is 4.75. The first-order valence-corrected chi connectivity index (χ1v) is 9.77. The minimum absolute atomic E-state index is 0.0837. The SMILES string of the molecule is O=C(c1csc(-c2cn[nH]c2)c1)N1CCC(O)(c2ccc(Cl)cc2F)CC1. The summed E-state index contributed by atoms with van der Waals surface area (Å²) in [5.41, 5.74) is 0.489. The van der Waals surface area contributed by atoms with Crippen LogP contribution >= 0.6 is 22.9 Å². The first-order valence-electron chi connectivity index (χ1n) is 8.51. The maximum atomic E-state index is 14.2. The van der Waals surface area contributed by atoms with Crippen LogP contribution in [0, 0.1) is 5.82 Å². The number of hydrogen-bond donors (Lipinski definition) is 2. The second-order valence-corrected chi connectivity index (χ2v) is 7.98.